The highest BCUT2D eigenvalue weighted by atomic mass is 19.3. The molecular weight excluding hydrogens is 246 g/mol. The lowest BCUT2D eigenvalue weighted by molar-refractivity contribution is -0.286. The molecular formula is C11H10F2N2O3. The minimum atomic E-state index is -3.64. The Hall–Kier alpha value is -1.89. The van der Waals surface area contributed by atoms with Crippen molar-refractivity contribution >= 4 is 11.6 Å². The summed E-state index contributed by atoms with van der Waals surface area (Å²) in [6.45, 7) is 1.27. The van der Waals surface area contributed by atoms with Crippen molar-refractivity contribution < 1.29 is 23.0 Å². The SMILES string of the molecule is O=C(Nc1ccc2c(c1)OC(F)(F)O2)C1CNC1. The second-order valence-electron chi connectivity index (χ2n) is 4.17. The van der Waals surface area contributed by atoms with E-state index in [2.05, 4.69) is 20.1 Å². The van der Waals surface area contributed by atoms with Gasteiger partial charge in [-0.05, 0) is 12.1 Å². The quantitative estimate of drug-likeness (QED) is 0.833. The molecule has 7 heteroatoms. The van der Waals surface area contributed by atoms with Crippen LogP contribution in [0.5, 0.6) is 11.5 Å². The van der Waals surface area contributed by atoms with E-state index in [9.17, 15) is 13.6 Å². The second-order valence-corrected chi connectivity index (χ2v) is 4.17. The number of fused-ring (bicyclic) bond motifs is 1. The molecule has 18 heavy (non-hydrogen) atoms. The molecule has 0 atom stereocenters. The lowest BCUT2D eigenvalue weighted by Gasteiger charge is -2.25. The Bertz CT molecular complexity index is 503. The predicted octanol–water partition coefficient (Wildman–Crippen LogP) is 1.17. The van der Waals surface area contributed by atoms with Crippen LogP contribution in [0.1, 0.15) is 0 Å². The Morgan fingerprint density at radius 2 is 2.06 bits per heavy atom. The van der Waals surface area contributed by atoms with Gasteiger partial charge in [0, 0.05) is 24.8 Å². The number of amides is 1. The standard InChI is InChI=1S/C11H10F2N2O3/c12-11(13)17-8-2-1-7(3-9(8)18-11)15-10(16)6-4-14-5-6/h1-3,6,14H,4-5H2,(H,15,16). The minimum Gasteiger partial charge on any atom is -0.395 e. The van der Waals surface area contributed by atoms with Crippen molar-refractivity contribution in [2.75, 3.05) is 18.4 Å². The summed E-state index contributed by atoms with van der Waals surface area (Å²) >= 11 is 0. The van der Waals surface area contributed by atoms with Crippen molar-refractivity contribution in [2.24, 2.45) is 5.92 Å². The zero-order chi connectivity index (χ0) is 12.8. The van der Waals surface area contributed by atoms with Crippen molar-refractivity contribution in [3.05, 3.63) is 18.2 Å². The van der Waals surface area contributed by atoms with Crippen LogP contribution in [-0.2, 0) is 4.79 Å². The maximum atomic E-state index is 12.8. The first kappa shape index (κ1) is 11.2. The van der Waals surface area contributed by atoms with Crippen LogP contribution in [0.4, 0.5) is 14.5 Å². The van der Waals surface area contributed by atoms with E-state index in [0.717, 1.165) is 0 Å². The second kappa shape index (κ2) is 3.81. The van der Waals surface area contributed by atoms with E-state index in [-0.39, 0.29) is 23.3 Å². The number of hydrogen-bond acceptors (Lipinski definition) is 4. The number of halogens is 2. The Morgan fingerprint density at radius 1 is 1.33 bits per heavy atom. The third-order valence-corrected chi connectivity index (χ3v) is 2.82. The van der Waals surface area contributed by atoms with Crippen molar-refractivity contribution in [1.82, 2.24) is 5.32 Å². The summed E-state index contributed by atoms with van der Waals surface area (Å²) in [5.41, 5.74) is 0.409. The summed E-state index contributed by atoms with van der Waals surface area (Å²) in [6.07, 6.45) is -3.64. The van der Waals surface area contributed by atoms with Crippen molar-refractivity contribution in [1.29, 1.82) is 0 Å². The molecule has 0 saturated carbocycles. The van der Waals surface area contributed by atoms with Gasteiger partial charge in [-0.2, -0.15) is 0 Å². The molecule has 5 nitrogen and oxygen atoms in total. The van der Waals surface area contributed by atoms with Crippen LogP contribution in [0.25, 0.3) is 0 Å². The van der Waals surface area contributed by atoms with Gasteiger partial charge < -0.3 is 20.1 Å². The van der Waals surface area contributed by atoms with Gasteiger partial charge in [0.1, 0.15) is 0 Å². The summed E-state index contributed by atoms with van der Waals surface area (Å²) in [5, 5.41) is 5.62. The highest BCUT2D eigenvalue weighted by molar-refractivity contribution is 5.93. The molecule has 2 N–H and O–H groups in total. The van der Waals surface area contributed by atoms with Gasteiger partial charge in [0.25, 0.3) is 0 Å². The summed E-state index contributed by atoms with van der Waals surface area (Å²) < 4.78 is 34.1. The van der Waals surface area contributed by atoms with Gasteiger partial charge >= 0.3 is 6.29 Å². The zero-order valence-electron chi connectivity index (χ0n) is 9.20. The Labute approximate surface area is 101 Å². The zero-order valence-corrected chi connectivity index (χ0v) is 9.20. The summed E-state index contributed by atoms with van der Waals surface area (Å²) in [4.78, 5) is 11.7. The molecule has 1 aromatic rings. The lowest BCUT2D eigenvalue weighted by Crippen LogP contribution is -2.48. The summed E-state index contributed by atoms with van der Waals surface area (Å²) in [6, 6.07) is 4.15. The average molecular weight is 256 g/mol. The molecule has 0 aromatic heterocycles. The number of ether oxygens (including phenoxy) is 2. The van der Waals surface area contributed by atoms with E-state index in [1.807, 2.05) is 0 Å². The molecule has 2 aliphatic heterocycles. The molecule has 1 aromatic carbocycles. The van der Waals surface area contributed by atoms with E-state index in [4.69, 9.17) is 0 Å². The first-order valence-electron chi connectivity index (χ1n) is 5.45. The first-order valence-corrected chi connectivity index (χ1v) is 5.45. The lowest BCUT2D eigenvalue weighted by atomic mass is 10.0. The highest BCUT2D eigenvalue weighted by Gasteiger charge is 2.43. The normalized spacial score (nSPS) is 20.3. The number of rotatable bonds is 2. The number of alkyl halides is 2. The highest BCUT2D eigenvalue weighted by Crippen LogP contribution is 2.42. The van der Waals surface area contributed by atoms with E-state index >= 15 is 0 Å². The fourth-order valence-electron chi connectivity index (χ4n) is 1.75. The van der Waals surface area contributed by atoms with Gasteiger partial charge in [0.15, 0.2) is 11.5 Å². The van der Waals surface area contributed by atoms with Crippen LogP contribution >= 0.6 is 0 Å². The Balaban J connectivity index is 1.73. The molecule has 0 unspecified atom stereocenters. The third kappa shape index (κ3) is 1.97. The number of carbonyl (C=O) groups excluding carboxylic acids is 1. The number of hydrogen-bond donors (Lipinski definition) is 2. The number of nitrogens with one attached hydrogen (secondary N) is 2. The molecule has 0 aliphatic carbocycles. The molecule has 2 aliphatic rings. The van der Waals surface area contributed by atoms with Crippen molar-refractivity contribution in [3.63, 3.8) is 0 Å². The molecule has 0 radical (unpaired) electrons. The molecule has 1 saturated heterocycles. The molecule has 3 rings (SSSR count). The van der Waals surface area contributed by atoms with Gasteiger partial charge in [-0.3, -0.25) is 4.79 Å². The summed E-state index contributed by atoms with van der Waals surface area (Å²) in [7, 11) is 0. The smallest absolute Gasteiger partial charge is 0.395 e. The number of carbonyl (C=O) groups is 1. The van der Waals surface area contributed by atoms with Crippen LogP contribution < -0.4 is 20.1 Å². The molecule has 96 valence electrons. The van der Waals surface area contributed by atoms with E-state index < -0.39 is 6.29 Å². The van der Waals surface area contributed by atoms with Crippen molar-refractivity contribution in [2.45, 2.75) is 6.29 Å². The van der Waals surface area contributed by atoms with Gasteiger partial charge in [-0.1, -0.05) is 0 Å². The molecule has 2 heterocycles. The largest absolute Gasteiger partial charge is 0.586 e. The Kier molecular flexibility index (Phi) is 2.37. The molecule has 1 fully saturated rings. The fourth-order valence-corrected chi connectivity index (χ4v) is 1.75. The molecule has 0 spiro atoms. The van der Waals surface area contributed by atoms with Gasteiger partial charge in [-0.25, -0.2) is 0 Å². The average Bonchev–Trinajstić information content (AvgIpc) is 2.48. The fraction of sp³-hybridized carbons (Fsp3) is 0.364. The van der Waals surface area contributed by atoms with Gasteiger partial charge in [0.2, 0.25) is 5.91 Å². The first-order chi connectivity index (χ1) is 8.53. The van der Waals surface area contributed by atoms with Gasteiger partial charge in [-0.15, -0.1) is 8.78 Å². The van der Waals surface area contributed by atoms with E-state index in [1.165, 1.54) is 18.2 Å². The maximum Gasteiger partial charge on any atom is 0.586 e. The number of benzene rings is 1. The molecule has 1 amide bonds. The summed E-state index contributed by atoms with van der Waals surface area (Å²) in [5.74, 6) is -0.330. The van der Waals surface area contributed by atoms with Crippen LogP contribution in [0.2, 0.25) is 0 Å². The monoisotopic (exact) mass is 256 g/mol. The maximum absolute atomic E-state index is 12.8. The van der Waals surface area contributed by atoms with E-state index in [0.29, 0.717) is 18.8 Å². The van der Waals surface area contributed by atoms with Crippen LogP contribution in [0.15, 0.2) is 18.2 Å². The predicted molar refractivity (Wildman–Crippen MR) is 57.6 cm³/mol. The number of anilines is 1. The third-order valence-electron chi connectivity index (χ3n) is 2.82. The molecule has 0 bridgehead atoms. The Morgan fingerprint density at radius 3 is 2.72 bits per heavy atom. The minimum absolute atomic E-state index is 0.0386. The van der Waals surface area contributed by atoms with Crippen LogP contribution in [-0.4, -0.2) is 25.3 Å². The van der Waals surface area contributed by atoms with Gasteiger partial charge in [0.05, 0.1) is 5.92 Å². The topological polar surface area (TPSA) is 59.6 Å². The van der Waals surface area contributed by atoms with Crippen LogP contribution in [0.3, 0.4) is 0 Å². The van der Waals surface area contributed by atoms with Crippen molar-refractivity contribution in [3.8, 4) is 11.5 Å². The van der Waals surface area contributed by atoms with Crippen LogP contribution in [0, 0.1) is 5.92 Å². The van der Waals surface area contributed by atoms with E-state index in [1.54, 1.807) is 0 Å².